The van der Waals surface area contributed by atoms with Crippen molar-refractivity contribution in [2.45, 2.75) is 102 Å². The lowest BCUT2D eigenvalue weighted by molar-refractivity contribution is -0.147. The second kappa shape index (κ2) is 14.6. The number of amides is 4. The fraction of sp³-hybridized carbons (Fsp3) is 0.621. The zero-order chi connectivity index (χ0) is 28.4. The van der Waals surface area contributed by atoms with E-state index in [0.29, 0.717) is 45.1 Å². The summed E-state index contributed by atoms with van der Waals surface area (Å²) in [5.41, 5.74) is 0.849. The Labute approximate surface area is 230 Å². The summed E-state index contributed by atoms with van der Waals surface area (Å²) in [6.07, 6.45) is 4.85. The number of hydrogen-bond acceptors (Lipinski definition) is 5. The van der Waals surface area contributed by atoms with Crippen molar-refractivity contribution in [1.82, 2.24) is 20.9 Å². The molecule has 0 spiro atoms. The Morgan fingerprint density at radius 1 is 0.949 bits per heavy atom. The van der Waals surface area contributed by atoms with E-state index in [4.69, 9.17) is 5.11 Å². The van der Waals surface area contributed by atoms with Gasteiger partial charge in [0.25, 0.3) is 0 Å². The van der Waals surface area contributed by atoms with Crippen molar-refractivity contribution < 1.29 is 29.1 Å². The Bertz CT molecular complexity index is 1020. The molecule has 2 aliphatic heterocycles. The highest BCUT2D eigenvalue weighted by molar-refractivity contribution is 5.97. The van der Waals surface area contributed by atoms with Gasteiger partial charge in [0.2, 0.25) is 23.6 Å². The first-order valence-corrected chi connectivity index (χ1v) is 14.2. The first kappa shape index (κ1) is 30.1. The predicted octanol–water partition coefficient (Wildman–Crippen LogP) is 2.16. The van der Waals surface area contributed by atoms with Crippen LogP contribution in [-0.4, -0.2) is 70.3 Å². The van der Waals surface area contributed by atoms with Crippen LogP contribution < -0.4 is 16.0 Å². The lowest BCUT2D eigenvalue weighted by atomic mass is 9.93. The summed E-state index contributed by atoms with van der Waals surface area (Å²) in [7, 11) is 0. The van der Waals surface area contributed by atoms with Gasteiger partial charge in [-0.25, -0.2) is 0 Å². The molecule has 0 bridgehead atoms. The van der Waals surface area contributed by atoms with Crippen LogP contribution >= 0.6 is 0 Å². The molecule has 2 fully saturated rings. The first-order valence-electron chi connectivity index (χ1n) is 14.2. The minimum absolute atomic E-state index is 0.0407. The Morgan fingerprint density at radius 3 is 2.33 bits per heavy atom. The van der Waals surface area contributed by atoms with E-state index in [9.17, 15) is 24.0 Å². The van der Waals surface area contributed by atoms with Gasteiger partial charge in [0.05, 0.1) is 0 Å². The Kier molecular flexibility index (Phi) is 11.3. The summed E-state index contributed by atoms with van der Waals surface area (Å²) in [4.78, 5) is 66.8. The minimum atomic E-state index is -0.942. The van der Waals surface area contributed by atoms with Crippen molar-refractivity contribution in [2.75, 3.05) is 6.54 Å². The van der Waals surface area contributed by atoms with Crippen LogP contribution in [0.4, 0.5) is 0 Å². The van der Waals surface area contributed by atoms with Crippen LogP contribution in [-0.2, 0) is 30.4 Å². The van der Waals surface area contributed by atoms with Crippen LogP contribution in [0, 0.1) is 5.92 Å². The molecule has 2 saturated heterocycles. The predicted molar refractivity (Wildman–Crippen MR) is 145 cm³/mol. The molecule has 4 amide bonds. The number of nitrogens with zero attached hydrogens (tertiary/aromatic N) is 1. The van der Waals surface area contributed by atoms with E-state index in [0.717, 1.165) is 18.4 Å². The van der Waals surface area contributed by atoms with E-state index in [2.05, 4.69) is 16.0 Å². The van der Waals surface area contributed by atoms with Gasteiger partial charge in [-0.1, -0.05) is 63.4 Å². The van der Waals surface area contributed by atoms with Crippen molar-refractivity contribution in [3.8, 4) is 0 Å². The number of benzene rings is 1. The second-order valence-corrected chi connectivity index (χ2v) is 10.7. The topological polar surface area (TPSA) is 145 Å². The number of piperidine rings is 1. The standard InChI is InChI=1S/C29H42N4O6/c1-3-19(2)25-29(39)33-17-11-10-15-23(33)28(38)30-21(14-8-5-9-16-24(34)35)26(36)31-22(27(37)32-25)18-20-12-6-4-7-13-20/h4,6-7,12-13,19,21-23,25H,3,5,8-11,14-18H2,1-2H3,(H,30,38)(H,31,36)(H,32,37)(H,34,35)/t19-,21+,22-,23-,25-/m0/s1. The molecule has 1 aromatic rings. The Hall–Kier alpha value is -3.43. The molecule has 5 atom stereocenters. The molecule has 2 aliphatic rings. The summed E-state index contributed by atoms with van der Waals surface area (Å²) in [6.45, 7) is 4.27. The molecule has 0 aliphatic carbocycles. The maximum atomic E-state index is 13.8. The molecular formula is C29H42N4O6. The molecule has 0 aromatic heterocycles. The van der Waals surface area contributed by atoms with Gasteiger partial charge < -0.3 is 26.0 Å². The normalized spacial score (nSPS) is 25.3. The van der Waals surface area contributed by atoms with E-state index in [1.165, 1.54) is 0 Å². The highest BCUT2D eigenvalue weighted by atomic mass is 16.4. The lowest BCUT2D eigenvalue weighted by Crippen LogP contribution is -2.64. The monoisotopic (exact) mass is 542 g/mol. The number of aliphatic carboxylic acids is 1. The molecule has 39 heavy (non-hydrogen) atoms. The fourth-order valence-electron chi connectivity index (χ4n) is 5.25. The van der Waals surface area contributed by atoms with Crippen LogP contribution in [0.25, 0.3) is 0 Å². The summed E-state index contributed by atoms with van der Waals surface area (Å²) < 4.78 is 0. The quantitative estimate of drug-likeness (QED) is 0.334. The fourth-order valence-corrected chi connectivity index (χ4v) is 5.25. The van der Waals surface area contributed by atoms with Crippen molar-refractivity contribution in [2.24, 2.45) is 5.92 Å². The smallest absolute Gasteiger partial charge is 0.303 e. The molecule has 1 aromatic carbocycles. The molecule has 0 saturated carbocycles. The molecular weight excluding hydrogens is 500 g/mol. The Balaban J connectivity index is 1.91. The SMILES string of the molecule is CC[C@H](C)[C@@H]1NC(=O)[C@H](Cc2ccccc2)NC(=O)[C@@H](CCCCCC(=O)O)NC(=O)[C@@H]2CCCCN2C1=O. The number of nitrogens with one attached hydrogen (secondary N) is 3. The van der Waals surface area contributed by atoms with Gasteiger partial charge in [-0.3, -0.25) is 24.0 Å². The number of rotatable bonds is 10. The van der Waals surface area contributed by atoms with Gasteiger partial charge in [-0.05, 0) is 43.6 Å². The van der Waals surface area contributed by atoms with Gasteiger partial charge in [0, 0.05) is 19.4 Å². The average molecular weight is 543 g/mol. The number of carbonyl (C=O) groups is 5. The molecule has 4 N–H and O–H groups in total. The third-order valence-corrected chi connectivity index (χ3v) is 7.80. The third-order valence-electron chi connectivity index (χ3n) is 7.80. The number of carboxylic acids is 1. The van der Waals surface area contributed by atoms with Gasteiger partial charge in [-0.2, -0.15) is 0 Å². The Morgan fingerprint density at radius 2 is 1.64 bits per heavy atom. The number of fused-ring (bicyclic) bond motifs is 1. The van der Waals surface area contributed by atoms with E-state index < -0.39 is 42.0 Å². The van der Waals surface area contributed by atoms with Crippen molar-refractivity contribution in [3.63, 3.8) is 0 Å². The molecule has 3 rings (SSSR count). The maximum Gasteiger partial charge on any atom is 0.303 e. The van der Waals surface area contributed by atoms with Crippen LogP contribution in [0.1, 0.15) is 77.2 Å². The van der Waals surface area contributed by atoms with E-state index >= 15 is 0 Å². The molecule has 0 unspecified atom stereocenters. The highest BCUT2D eigenvalue weighted by Gasteiger charge is 2.40. The van der Waals surface area contributed by atoms with E-state index in [1.54, 1.807) is 4.90 Å². The van der Waals surface area contributed by atoms with E-state index in [1.807, 2.05) is 44.2 Å². The summed E-state index contributed by atoms with van der Waals surface area (Å²) >= 11 is 0. The lowest BCUT2D eigenvalue weighted by Gasteiger charge is -2.39. The number of unbranched alkanes of at least 4 members (excludes halogenated alkanes) is 2. The summed E-state index contributed by atoms with van der Waals surface area (Å²) in [5, 5.41) is 17.5. The van der Waals surface area contributed by atoms with Crippen molar-refractivity contribution in [3.05, 3.63) is 35.9 Å². The van der Waals surface area contributed by atoms with Crippen molar-refractivity contribution in [1.29, 1.82) is 0 Å². The summed E-state index contributed by atoms with van der Waals surface area (Å²) in [6, 6.07) is 5.94. The van der Waals surface area contributed by atoms with Crippen molar-refractivity contribution >= 4 is 29.6 Å². The van der Waals surface area contributed by atoms with Crippen LogP contribution in [0.3, 0.4) is 0 Å². The molecule has 10 heteroatoms. The van der Waals surface area contributed by atoms with Crippen LogP contribution in [0.15, 0.2) is 30.3 Å². The van der Waals surface area contributed by atoms with Gasteiger partial charge in [-0.15, -0.1) is 0 Å². The van der Waals surface area contributed by atoms with Crippen LogP contribution in [0.5, 0.6) is 0 Å². The molecule has 10 nitrogen and oxygen atoms in total. The van der Waals surface area contributed by atoms with Gasteiger partial charge in [0.15, 0.2) is 0 Å². The highest BCUT2D eigenvalue weighted by Crippen LogP contribution is 2.22. The number of hydrogen-bond donors (Lipinski definition) is 4. The summed E-state index contributed by atoms with van der Waals surface area (Å²) in [5.74, 6) is -2.59. The minimum Gasteiger partial charge on any atom is -0.481 e. The number of carboxylic acid groups (broad SMARTS) is 1. The van der Waals surface area contributed by atoms with Crippen LogP contribution in [0.2, 0.25) is 0 Å². The second-order valence-electron chi connectivity index (χ2n) is 10.7. The largest absolute Gasteiger partial charge is 0.481 e. The van der Waals surface area contributed by atoms with E-state index in [-0.39, 0.29) is 30.6 Å². The first-order chi connectivity index (χ1) is 18.7. The average Bonchev–Trinajstić information content (AvgIpc) is 2.93. The zero-order valence-electron chi connectivity index (χ0n) is 23.0. The third kappa shape index (κ3) is 8.53. The zero-order valence-corrected chi connectivity index (χ0v) is 23.0. The molecule has 2 heterocycles. The van der Waals surface area contributed by atoms with Gasteiger partial charge >= 0.3 is 5.97 Å². The number of carbonyl (C=O) groups excluding carboxylic acids is 4. The maximum absolute atomic E-state index is 13.8. The van der Waals surface area contributed by atoms with Gasteiger partial charge in [0.1, 0.15) is 24.2 Å². The molecule has 0 radical (unpaired) electrons. The molecule has 214 valence electrons.